The second-order valence-corrected chi connectivity index (χ2v) is 9.22. The van der Waals surface area contributed by atoms with Gasteiger partial charge in [-0.25, -0.2) is 8.42 Å². The maximum Gasteiger partial charge on any atom is 0.258 e. The number of hydrogen-bond acceptors (Lipinski definition) is 5. The van der Waals surface area contributed by atoms with Crippen LogP contribution in [0.1, 0.15) is 30.6 Å². The molecule has 0 unspecified atom stereocenters. The van der Waals surface area contributed by atoms with Crippen molar-refractivity contribution < 1.29 is 22.4 Å². The summed E-state index contributed by atoms with van der Waals surface area (Å²) in [6.07, 6.45) is 3.71. The highest BCUT2D eigenvalue weighted by Crippen LogP contribution is 2.34. The molecule has 152 valence electrons. The first-order chi connectivity index (χ1) is 13.8. The molecule has 3 heterocycles. The molecule has 2 aliphatic heterocycles. The molecule has 2 aromatic rings. The molecule has 8 heteroatoms. The molecule has 2 fully saturated rings. The van der Waals surface area contributed by atoms with Gasteiger partial charge in [-0.2, -0.15) is 0 Å². The summed E-state index contributed by atoms with van der Waals surface area (Å²) in [7, 11) is -3.94. The third-order valence-corrected chi connectivity index (χ3v) is 7.39. The zero-order valence-corrected chi connectivity index (χ0v) is 17.1. The van der Waals surface area contributed by atoms with Crippen molar-refractivity contribution in [3.63, 3.8) is 0 Å². The minimum Gasteiger partial charge on any atom is -0.452 e. The summed E-state index contributed by atoms with van der Waals surface area (Å²) >= 11 is 0. The number of benzene rings is 1. The molecule has 29 heavy (non-hydrogen) atoms. The number of sulfone groups is 1. The standard InChI is InChI=1S/C21H22N2O5S/c1-3-14(2)19(24)22-12-16-11-15(22)13-23(16)20(25)18-9-10-28-21(18)29(26,27)17-7-5-4-6-8-17/h3-10,15-16H,11-13H2,1-2H3/b14-3+/t15-,16-/m0/s1. The summed E-state index contributed by atoms with van der Waals surface area (Å²) < 4.78 is 31.1. The van der Waals surface area contributed by atoms with E-state index in [1.165, 1.54) is 24.5 Å². The van der Waals surface area contributed by atoms with Crippen molar-refractivity contribution in [2.24, 2.45) is 0 Å². The molecule has 2 bridgehead atoms. The molecule has 2 saturated heterocycles. The molecule has 0 saturated carbocycles. The van der Waals surface area contributed by atoms with Gasteiger partial charge in [-0.1, -0.05) is 24.3 Å². The summed E-state index contributed by atoms with van der Waals surface area (Å²) in [5.74, 6) is -0.390. The number of likely N-dealkylation sites (tertiary alicyclic amines) is 2. The number of nitrogens with zero attached hydrogens (tertiary/aromatic N) is 2. The van der Waals surface area contributed by atoms with Crippen molar-refractivity contribution in [1.29, 1.82) is 0 Å². The van der Waals surface area contributed by atoms with Crippen molar-refractivity contribution in [2.75, 3.05) is 13.1 Å². The van der Waals surface area contributed by atoms with Crippen LogP contribution < -0.4 is 0 Å². The maximum atomic E-state index is 13.1. The fourth-order valence-electron chi connectivity index (χ4n) is 4.04. The van der Waals surface area contributed by atoms with Gasteiger partial charge in [-0.3, -0.25) is 9.59 Å². The molecular weight excluding hydrogens is 392 g/mol. The molecule has 2 amide bonds. The Morgan fingerprint density at radius 1 is 1.07 bits per heavy atom. The normalized spacial score (nSPS) is 21.7. The summed E-state index contributed by atoms with van der Waals surface area (Å²) in [4.78, 5) is 29.2. The fraction of sp³-hybridized carbons (Fsp3) is 0.333. The zero-order chi connectivity index (χ0) is 20.8. The first-order valence-corrected chi connectivity index (χ1v) is 11.0. The molecule has 0 radical (unpaired) electrons. The number of fused-ring (bicyclic) bond motifs is 2. The largest absolute Gasteiger partial charge is 0.452 e. The smallest absolute Gasteiger partial charge is 0.258 e. The van der Waals surface area contributed by atoms with Crippen molar-refractivity contribution in [3.05, 3.63) is 59.9 Å². The second-order valence-electron chi connectivity index (χ2n) is 7.37. The van der Waals surface area contributed by atoms with Gasteiger partial charge in [0.25, 0.3) is 5.91 Å². The van der Waals surface area contributed by atoms with Crippen LogP contribution in [-0.2, 0) is 14.6 Å². The SMILES string of the molecule is C/C=C(\C)C(=O)N1C[C@@H]2C[C@H]1CN2C(=O)c1ccoc1S(=O)(=O)c1ccccc1. The second kappa shape index (κ2) is 7.18. The van der Waals surface area contributed by atoms with Crippen LogP contribution in [0, 0.1) is 0 Å². The minimum atomic E-state index is -3.94. The van der Waals surface area contributed by atoms with E-state index in [4.69, 9.17) is 4.42 Å². The lowest BCUT2D eigenvalue weighted by Crippen LogP contribution is -2.50. The molecule has 0 N–H and O–H groups in total. The van der Waals surface area contributed by atoms with Crippen molar-refractivity contribution >= 4 is 21.7 Å². The first-order valence-electron chi connectivity index (χ1n) is 9.47. The fourth-order valence-corrected chi connectivity index (χ4v) is 5.39. The van der Waals surface area contributed by atoms with Crippen molar-refractivity contribution in [1.82, 2.24) is 9.80 Å². The number of allylic oxidation sites excluding steroid dienone is 1. The Hall–Kier alpha value is -2.87. The Balaban J connectivity index is 1.57. The van der Waals surface area contributed by atoms with Gasteiger partial charge in [0.2, 0.25) is 20.8 Å². The van der Waals surface area contributed by atoms with E-state index in [9.17, 15) is 18.0 Å². The molecule has 4 rings (SSSR count). The Bertz CT molecular complexity index is 1090. The third kappa shape index (κ3) is 3.17. The van der Waals surface area contributed by atoms with Crippen LogP contribution in [0.15, 0.2) is 68.7 Å². The summed E-state index contributed by atoms with van der Waals surface area (Å²) in [6, 6.07) is 9.13. The number of carbonyl (C=O) groups is 2. The van der Waals surface area contributed by atoms with Gasteiger partial charge in [-0.05, 0) is 38.5 Å². The van der Waals surface area contributed by atoms with Gasteiger partial charge < -0.3 is 14.2 Å². The van der Waals surface area contributed by atoms with Crippen LogP contribution >= 0.6 is 0 Å². The molecule has 2 aliphatic rings. The molecule has 0 spiro atoms. The quantitative estimate of drug-likeness (QED) is 0.718. The van der Waals surface area contributed by atoms with Gasteiger partial charge in [0.15, 0.2) is 0 Å². The van der Waals surface area contributed by atoms with Crippen molar-refractivity contribution in [2.45, 2.75) is 42.3 Å². The van der Waals surface area contributed by atoms with E-state index in [0.717, 1.165) is 0 Å². The van der Waals surface area contributed by atoms with E-state index < -0.39 is 9.84 Å². The van der Waals surface area contributed by atoms with E-state index in [1.54, 1.807) is 41.0 Å². The highest BCUT2D eigenvalue weighted by atomic mass is 32.2. The number of furan rings is 1. The monoisotopic (exact) mass is 414 g/mol. The Morgan fingerprint density at radius 2 is 1.72 bits per heavy atom. The average molecular weight is 414 g/mol. The van der Waals surface area contributed by atoms with E-state index in [1.807, 2.05) is 6.92 Å². The number of hydrogen-bond donors (Lipinski definition) is 0. The van der Waals surface area contributed by atoms with Gasteiger partial charge in [0.05, 0.1) is 28.8 Å². The summed E-state index contributed by atoms with van der Waals surface area (Å²) in [5, 5.41) is -0.339. The van der Waals surface area contributed by atoms with Gasteiger partial charge >= 0.3 is 0 Å². The summed E-state index contributed by atoms with van der Waals surface area (Å²) in [5.41, 5.74) is 0.713. The van der Waals surface area contributed by atoms with Crippen LogP contribution in [0.2, 0.25) is 0 Å². The number of piperazine rings is 1. The first kappa shape index (κ1) is 19.4. The lowest BCUT2D eigenvalue weighted by molar-refractivity contribution is -0.129. The molecule has 0 aliphatic carbocycles. The summed E-state index contributed by atoms with van der Waals surface area (Å²) in [6.45, 7) is 4.45. The van der Waals surface area contributed by atoms with Gasteiger partial charge in [-0.15, -0.1) is 0 Å². The van der Waals surface area contributed by atoms with Crippen LogP contribution in [0.25, 0.3) is 0 Å². The number of rotatable bonds is 4. The van der Waals surface area contributed by atoms with Crippen molar-refractivity contribution in [3.8, 4) is 0 Å². The van der Waals surface area contributed by atoms with Gasteiger partial charge in [0.1, 0.15) is 0 Å². The Kier molecular flexibility index (Phi) is 4.82. The van der Waals surface area contributed by atoms with Crippen LogP contribution in [-0.4, -0.2) is 55.2 Å². The third-order valence-electron chi connectivity index (χ3n) is 5.69. The highest BCUT2D eigenvalue weighted by molar-refractivity contribution is 7.91. The Labute approximate surface area is 169 Å². The maximum absolute atomic E-state index is 13.1. The zero-order valence-electron chi connectivity index (χ0n) is 16.2. The van der Waals surface area contributed by atoms with Crippen LogP contribution in [0.4, 0.5) is 0 Å². The number of carbonyl (C=O) groups excluding carboxylic acids is 2. The predicted octanol–water partition coefficient (Wildman–Crippen LogP) is 2.50. The van der Waals surface area contributed by atoms with Crippen LogP contribution in [0.3, 0.4) is 0 Å². The van der Waals surface area contributed by atoms with Gasteiger partial charge in [0, 0.05) is 18.7 Å². The highest BCUT2D eigenvalue weighted by Gasteiger charge is 2.48. The average Bonchev–Trinajstić information content (AvgIpc) is 3.48. The molecule has 1 aromatic heterocycles. The van der Waals surface area contributed by atoms with E-state index >= 15 is 0 Å². The lowest BCUT2D eigenvalue weighted by atomic mass is 10.2. The molecule has 2 atom stereocenters. The molecule has 1 aromatic carbocycles. The topological polar surface area (TPSA) is 87.9 Å². The molecular formula is C21H22N2O5S. The van der Waals surface area contributed by atoms with E-state index in [0.29, 0.717) is 25.1 Å². The lowest BCUT2D eigenvalue weighted by Gasteiger charge is -2.34. The van der Waals surface area contributed by atoms with E-state index in [2.05, 4.69) is 0 Å². The predicted molar refractivity (Wildman–Crippen MR) is 105 cm³/mol. The van der Waals surface area contributed by atoms with Crippen LogP contribution in [0.5, 0.6) is 0 Å². The Morgan fingerprint density at radius 3 is 2.34 bits per heavy atom. The number of amides is 2. The molecule has 7 nitrogen and oxygen atoms in total. The minimum absolute atomic E-state index is 0.0113. The van der Waals surface area contributed by atoms with E-state index in [-0.39, 0.29) is 39.4 Å².